The smallest absolute Gasteiger partial charge is 0.276 e. The van der Waals surface area contributed by atoms with E-state index >= 15 is 0 Å². The zero-order valence-electron chi connectivity index (χ0n) is 20.7. The number of ether oxygens (including phenoxy) is 2. The Morgan fingerprint density at radius 3 is 2.60 bits per heavy atom. The van der Waals surface area contributed by atoms with Crippen molar-refractivity contribution in [2.24, 2.45) is 0 Å². The molecular weight excluding hydrogens is 460 g/mol. The van der Waals surface area contributed by atoms with Crippen molar-refractivity contribution < 1.29 is 18.7 Å². The first-order valence-electron chi connectivity index (χ1n) is 11.4. The average Bonchev–Trinajstić information content (AvgIpc) is 3.41. The Bertz CT molecular complexity index is 1270. The van der Waals surface area contributed by atoms with E-state index in [2.05, 4.69) is 51.2 Å². The number of benzene rings is 2. The molecule has 7 heteroatoms. The van der Waals surface area contributed by atoms with Crippen LogP contribution in [-0.2, 0) is 23.4 Å². The van der Waals surface area contributed by atoms with Crippen LogP contribution in [0.5, 0.6) is 11.5 Å². The highest BCUT2D eigenvalue weighted by atomic mass is 32.1. The van der Waals surface area contributed by atoms with E-state index in [4.69, 9.17) is 26.1 Å². The normalized spacial score (nSPS) is 15.0. The molecule has 1 aliphatic heterocycles. The van der Waals surface area contributed by atoms with Gasteiger partial charge in [0, 0.05) is 5.56 Å². The largest absolute Gasteiger partial charge is 0.496 e. The van der Waals surface area contributed by atoms with E-state index in [0.29, 0.717) is 23.2 Å². The Labute approximate surface area is 211 Å². The molecular formula is C28H30N2O4S. The van der Waals surface area contributed by atoms with Crippen LogP contribution in [0.4, 0.5) is 0 Å². The molecule has 1 aromatic heterocycles. The molecule has 1 N–H and O–H groups in total. The first-order valence-corrected chi connectivity index (χ1v) is 11.8. The van der Waals surface area contributed by atoms with Gasteiger partial charge in [0.1, 0.15) is 29.6 Å². The van der Waals surface area contributed by atoms with Crippen LogP contribution in [0.25, 0.3) is 6.08 Å². The molecule has 0 radical (unpaired) electrons. The third-order valence-corrected chi connectivity index (χ3v) is 6.12. The summed E-state index contributed by atoms with van der Waals surface area (Å²) in [6.07, 6.45) is 3.36. The van der Waals surface area contributed by atoms with Crippen LogP contribution in [0.3, 0.4) is 0 Å². The topological polar surface area (TPSA) is 63.9 Å². The van der Waals surface area contributed by atoms with Crippen LogP contribution < -0.4 is 14.8 Å². The van der Waals surface area contributed by atoms with Gasteiger partial charge < -0.3 is 19.2 Å². The third-order valence-electron chi connectivity index (χ3n) is 5.80. The third kappa shape index (κ3) is 5.57. The van der Waals surface area contributed by atoms with E-state index in [-0.39, 0.29) is 17.9 Å². The number of methoxy groups -OCH3 is 1. The van der Waals surface area contributed by atoms with Crippen molar-refractivity contribution in [1.29, 1.82) is 0 Å². The minimum atomic E-state index is -0.199. The van der Waals surface area contributed by atoms with Crippen LogP contribution in [-0.4, -0.2) is 23.0 Å². The number of nitrogens with one attached hydrogen (secondary N) is 1. The van der Waals surface area contributed by atoms with E-state index in [1.54, 1.807) is 25.5 Å². The molecule has 0 unspecified atom stereocenters. The summed E-state index contributed by atoms with van der Waals surface area (Å²) in [5.74, 6) is 2.04. The number of nitrogens with zero attached hydrogens (tertiary/aromatic N) is 1. The summed E-state index contributed by atoms with van der Waals surface area (Å²) in [6.45, 7) is 9.17. The van der Waals surface area contributed by atoms with Crippen molar-refractivity contribution in [3.05, 3.63) is 88.5 Å². The summed E-state index contributed by atoms with van der Waals surface area (Å²) in [7, 11) is 1.64. The molecule has 0 bridgehead atoms. The zero-order valence-corrected chi connectivity index (χ0v) is 21.5. The van der Waals surface area contributed by atoms with Crippen LogP contribution in [0.2, 0.25) is 0 Å². The summed E-state index contributed by atoms with van der Waals surface area (Å²) >= 11 is 5.37. The fourth-order valence-corrected chi connectivity index (χ4v) is 4.22. The molecule has 1 aliphatic rings. The molecule has 0 spiro atoms. The minimum Gasteiger partial charge on any atom is -0.496 e. The quantitative estimate of drug-likeness (QED) is 0.337. The second-order valence-corrected chi connectivity index (χ2v) is 9.96. The van der Waals surface area contributed by atoms with E-state index in [0.717, 1.165) is 33.8 Å². The number of carbonyl (C=O) groups is 1. The van der Waals surface area contributed by atoms with Gasteiger partial charge in [0.2, 0.25) is 0 Å². The van der Waals surface area contributed by atoms with Gasteiger partial charge in [-0.2, -0.15) is 0 Å². The number of hydrogen-bond acceptors (Lipinski definition) is 5. The van der Waals surface area contributed by atoms with Crippen molar-refractivity contribution in [3.8, 4) is 11.5 Å². The number of carbonyl (C=O) groups excluding carboxylic acids is 1. The van der Waals surface area contributed by atoms with Crippen molar-refractivity contribution in [3.63, 3.8) is 0 Å². The summed E-state index contributed by atoms with van der Waals surface area (Å²) < 4.78 is 17.2. The second-order valence-electron chi connectivity index (χ2n) is 9.57. The molecule has 0 aliphatic carbocycles. The maximum Gasteiger partial charge on any atom is 0.276 e. The van der Waals surface area contributed by atoms with Crippen LogP contribution in [0.15, 0.2) is 64.9 Å². The fourth-order valence-electron chi connectivity index (χ4n) is 3.97. The van der Waals surface area contributed by atoms with E-state index in [1.807, 2.05) is 24.3 Å². The van der Waals surface area contributed by atoms with E-state index < -0.39 is 0 Å². The Balaban J connectivity index is 1.56. The van der Waals surface area contributed by atoms with Crippen molar-refractivity contribution in [2.75, 3.05) is 7.11 Å². The number of thiocarbonyl (C=S) groups is 1. The first kappa shape index (κ1) is 24.5. The van der Waals surface area contributed by atoms with Crippen molar-refractivity contribution in [2.45, 2.75) is 46.3 Å². The molecule has 182 valence electrons. The molecule has 1 amide bonds. The summed E-state index contributed by atoms with van der Waals surface area (Å²) in [5, 5.41) is 3.37. The minimum absolute atomic E-state index is 0.0478. The monoisotopic (exact) mass is 490 g/mol. The zero-order chi connectivity index (χ0) is 25.2. The Kier molecular flexibility index (Phi) is 6.98. The highest BCUT2D eigenvalue weighted by molar-refractivity contribution is 7.80. The molecule has 35 heavy (non-hydrogen) atoms. The lowest BCUT2D eigenvalue weighted by Gasteiger charge is -2.23. The fraction of sp³-hybridized carbons (Fsp3) is 0.286. The predicted octanol–water partition coefficient (Wildman–Crippen LogP) is 5.73. The highest BCUT2D eigenvalue weighted by Gasteiger charge is 2.31. The SMILES string of the molecule is COc1ccc(/C=C2/NC(=S)N(Cc3ccco3)C2=O)cc1COc1cc(C)ccc1C(C)(C)C. The predicted molar refractivity (Wildman–Crippen MR) is 140 cm³/mol. The van der Waals surface area contributed by atoms with Crippen molar-refractivity contribution in [1.82, 2.24) is 10.2 Å². The molecule has 3 aromatic rings. The lowest BCUT2D eigenvalue weighted by Crippen LogP contribution is -2.29. The molecule has 2 aromatic carbocycles. The Morgan fingerprint density at radius 2 is 1.91 bits per heavy atom. The lowest BCUT2D eigenvalue weighted by molar-refractivity contribution is -0.122. The molecule has 4 rings (SSSR count). The Hall–Kier alpha value is -3.58. The van der Waals surface area contributed by atoms with E-state index in [1.165, 1.54) is 4.90 Å². The van der Waals surface area contributed by atoms with Gasteiger partial charge in [-0.15, -0.1) is 0 Å². The number of hydrogen-bond donors (Lipinski definition) is 1. The molecule has 0 saturated carbocycles. The van der Waals surface area contributed by atoms with Crippen LogP contribution in [0.1, 0.15) is 48.8 Å². The lowest BCUT2D eigenvalue weighted by atomic mass is 9.86. The van der Waals surface area contributed by atoms with Gasteiger partial charge in [-0.25, -0.2) is 0 Å². The standard InChI is InChI=1S/C28H30N2O4S/c1-18-8-10-22(28(2,3)4)25(13-18)34-17-20-14-19(9-11-24(20)32-5)15-23-26(31)30(27(35)29-23)16-21-7-6-12-33-21/h6-15H,16-17H2,1-5H3,(H,29,35)/b23-15+. The number of amides is 1. The molecule has 0 atom stereocenters. The maximum absolute atomic E-state index is 12.9. The molecule has 1 saturated heterocycles. The highest BCUT2D eigenvalue weighted by Crippen LogP contribution is 2.33. The van der Waals surface area contributed by atoms with Gasteiger partial charge >= 0.3 is 0 Å². The first-order chi connectivity index (χ1) is 16.7. The number of aryl methyl sites for hydroxylation is 1. The number of furan rings is 1. The average molecular weight is 491 g/mol. The van der Waals surface area contributed by atoms with Gasteiger partial charge in [0.05, 0.1) is 19.9 Å². The van der Waals surface area contributed by atoms with Gasteiger partial charge in [-0.3, -0.25) is 9.69 Å². The van der Waals surface area contributed by atoms with Gasteiger partial charge in [-0.1, -0.05) is 39.0 Å². The van der Waals surface area contributed by atoms with Gasteiger partial charge in [0.25, 0.3) is 5.91 Å². The van der Waals surface area contributed by atoms with Crippen LogP contribution >= 0.6 is 12.2 Å². The van der Waals surface area contributed by atoms with Gasteiger partial charge in [-0.05, 0) is 77.7 Å². The summed E-state index contributed by atoms with van der Waals surface area (Å²) in [5.41, 5.74) is 4.36. The molecule has 2 heterocycles. The maximum atomic E-state index is 12.9. The van der Waals surface area contributed by atoms with Crippen molar-refractivity contribution >= 4 is 29.3 Å². The van der Waals surface area contributed by atoms with E-state index in [9.17, 15) is 4.79 Å². The molecule has 1 fully saturated rings. The number of rotatable bonds is 7. The summed E-state index contributed by atoms with van der Waals surface area (Å²) in [6, 6.07) is 15.6. The van der Waals surface area contributed by atoms with Crippen LogP contribution in [0, 0.1) is 6.92 Å². The van der Waals surface area contributed by atoms with Gasteiger partial charge in [0.15, 0.2) is 5.11 Å². The Morgan fingerprint density at radius 1 is 1.11 bits per heavy atom. The second kappa shape index (κ2) is 9.96. The molecule has 6 nitrogen and oxygen atoms in total. The summed E-state index contributed by atoms with van der Waals surface area (Å²) in [4.78, 5) is 14.4.